The number of carbonyl (C=O) groups is 1. The van der Waals surface area contributed by atoms with Gasteiger partial charge in [-0.2, -0.15) is 4.80 Å². The standard InChI is InChI=1S/C22H24ClFN6O/c1-14-9-17(21-27-29-30(28-21)13-15-5-3-2-4-6-15)11-20(26-14)22(31)25-12-16-7-8-19(24)18(23)10-16/h7-11,15H,2-6,12-13H2,1H3,(H,25,31). The van der Waals surface area contributed by atoms with Crippen molar-refractivity contribution in [3.05, 3.63) is 58.1 Å². The summed E-state index contributed by atoms with van der Waals surface area (Å²) in [6, 6.07) is 7.82. The highest BCUT2D eigenvalue weighted by Gasteiger charge is 2.17. The Balaban J connectivity index is 1.45. The normalized spacial score (nSPS) is 14.5. The number of pyridine rings is 1. The van der Waals surface area contributed by atoms with Gasteiger partial charge in [0, 0.05) is 17.8 Å². The van der Waals surface area contributed by atoms with Crippen LogP contribution in [0.3, 0.4) is 0 Å². The molecule has 1 saturated carbocycles. The van der Waals surface area contributed by atoms with E-state index in [0.717, 1.165) is 6.54 Å². The molecule has 1 aliphatic rings. The fraction of sp³-hybridized carbons (Fsp3) is 0.409. The van der Waals surface area contributed by atoms with Gasteiger partial charge in [0.1, 0.15) is 11.5 Å². The Morgan fingerprint density at radius 2 is 2.03 bits per heavy atom. The fourth-order valence-electron chi connectivity index (χ4n) is 3.87. The molecule has 0 radical (unpaired) electrons. The zero-order valence-corrected chi connectivity index (χ0v) is 18.1. The number of nitrogens with zero attached hydrogens (tertiary/aromatic N) is 5. The van der Waals surface area contributed by atoms with Gasteiger partial charge in [-0.1, -0.05) is 36.9 Å². The van der Waals surface area contributed by atoms with Crippen LogP contribution in [0.15, 0.2) is 30.3 Å². The molecule has 31 heavy (non-hydrogen) atoms. The Bertz CT molecular complexity index is 1080. The Kier molecular flexibility index (Phi) is 6.56. The maximum Gasteiger partial charge on any atom is 0.270 e. The summed E-state index contributed by atoms with van der Waals surface area (Å²) in [4.78, 5) is 18.6. The number of aryl methyl sites for hydroxylation is 1. The average molecular weight is 443 g/mol. The lowest BCUT2D eigenvalue weighted by Crippen LogP contribution is -2.24. The third-order valence-corrected chi connectivity index (χ3v) is 5.77. The minimum absolute atomic E-state index is 0.0186. The van der Waals surface area contributed by atoms with Crippen LogP contribution in [-0.2, 0) is 13.1 Å². The van der Waals surface area contributed by atoms with Crippen molar-refractivity contribution in [2.75, 3.05) is 0 Å². The Labute approximate surface area is 185 Å². The molecule has 0 atom stereocenters. The molecular formula is C22H24ClFN6O. The van der Waals surface area contributed by atoms with Crippen LogP contribution in [0, 0.1) is 18.7 Å². The lowest BCUT2D eigenvalue weighted by atomic mass is 9.89. The van der Waals surface area contributed by atoms with E-state index in [1.54, 1.807) is 16.9 Å². The van der Waals surface area contributed by atoms with Crippen LogP contribution in [0.1, 0.15) is 53.8 Å². The molecule has 3 aromatic rings. The van der Waals surface area contributed by atoms with E-state index >= 15 is 0 Å². The van der Waals surface area contributed by atoms with Gasteiger partial charge in [0.15, 0.2) is 0 Å². The zero-order chi connectivity index (χ0) is 21.8. The summed E-state index contributed by atoms with van der Waals surface area (Å²) in [5.74, 6) is 0.225. The second kappa shape index (κ2) is 9.51. The summed E-state index contributed by atoms with van der Waals surface area (Å²) in [7, 11) is 0. The first-order valence-corrected chi connectivity index (χ1v) is 10.8. The first-order valence-electron chi connectivity index (χ1n) is 10.5. The first-order chi connectivity index (χ1) is 15.0. The van der Waals surface area contributed by atoms with Crippen LogP contribution in [0.25, 0.3) is 11.4 Å². The number of hydrogen-bond acceptors (Lipinski definition) is 5. The maximum absolute atomic E-state index is 13.3. The van der Waals surface area contributed by atoms with Crippen molar-refractivity contribution in [1.82, 2.24) is 30.5 Å². The van der Waals surface area contributed by atoms with Crippen molar-refractivity contribution < 1.29 is 9.18 Å². The van der Waals surface area contributed by atoms with E-state index in [0.29, 0.717) is 28.6 Å². The zero-order valence-electron chi connectivity index (χ0n) is 17.3. The number of carbonyl (C=O) groups excluding carboxylic acids is 1. The first kappa shape index (κ1) is 21.4. The third kappa shape index (κ3) is 5.44. The highest BCUT2D eigenvalue weighted by molar-refractivity contribution is 6.30. The van der Waals surface area contributed by atoms with Crippen molar-refractivity contribution in [3.63, 3.8) is 0 Å². The number of amides is 1. The molecule has 0 aliphatic heterocycles. The molecule has 1 N–H and O–H groups in total. The summed E-state index contributed by atoms with van der Waals surface area (Å²) < 4.78 is 13.3. The minimum atomic E-state index is -0.495. The van der Waals surface area contributed by atoms with Crippen LogP contribution in [0.5, 0.6) is 0 Å². The molecule has 162 valence electrons. The van der Waals surface area contributed by atoms with Crippen molar-refractivity contribution in [2.24, 2.45) is 5.92 Å². The Hall–Kier alpha value is -2.87. The Morgan fingerprint density at radius 1 is 1.23 bits per heavy atom. The third-order valence-electron chi connectivity index (χ3n) is 5.48. The molecule has 1 aliphatic carbocycles. The predicted octanol–water partition coefficient (Wildman–Crippen LogP) is 4.35. The van der Waals surface area contributed by atoms with Gasteiger partial charge in [-0.25, -0.2) is 9.37 Å². The molecule has 1 amide bonds. The highest BCUT2D eigenvalue weighted by atomic mass is 35.5. The molecule has 0 saturated heterocycles. The summed E-state index contributed by atoms with van der Waals surface area (Å²) in [5, 5.41) is 15.7. The number of tetrazole rings is 1. The van der Waals surface area contributed by atoms with Crippen molar-refractivity contribution in [2.45, 2.75) is 52.1 Å². The molecule has 2 heterocycles. The molecule has 9 heteroatoms. The van der Waals surface area contributed by atoms with Crippen LogP contribution < -0.4 is 5.32 Å². The molecule has 4 rings (SSSR count). The van der Waals surface area contributed by atoms with Crippen molar-refractivity contribution in [3.8, 4) is 11.4 Å². The number of aromatic nitrogens is 5. The SMILES string of the molecule is Cc1cc(-c2nnn(CC3CCCCC3)n2)cc(C(=O)NCc2ccc(F)c(Cl)c2)n1. The van der Waals surface area contributed by atoms with Crippen LogP contribution in [0.4, 0.5) is 4.39 Å². The van der Waals surface area contributed by atoms with Gasteiger partial charge in [-0.15, -0.1) is 10.2 Å². The van der Waals surface area contributed by atoms with Crippen LogP contribution in [0.2, 0.25) is 5.02 Å². The molecule has 2 aromatic heterocycles. The highest BCUT2D eigenvalue weighted by Crippen LogP contribution is 2.25. The van der Waals surface area contributed by atoms with E-state index in [9.17, 15) is 9.18 Å². The molecule has 7 nitrogen and oxygen atoms in total. The minimum Gasteiger partial charge on any atom is -0.347 e. The molecule has 1 fully saturated rings. The van der Waals surface area contributed by atoms with E-state index in [1.165, 1.54) is 44.2 Å². The van der Waals surface area contributed by atoms with Crippen LogP contribution >= 0.6 is 11.6 Å². The van der Waals surface area contributed by atoms with Crippen molar-refractivity contribution >= 4 is 17.5 Å². The largest absolute Gasteiger partial charge is 0.347 e. The van der Waals surface area contributed by atoms with Gasteiger partial charge in [0.2, 0.25) is 5.82 Å². The average Bonchev–Trinajstić information content (AvgIpc) is 3.23. The summed E-state index contributed by atoms with van der Waals surface area (Å²) in [6.07, 6.45) is 6.24. The number of benzene rings is 1. The molecular weight excluding hydrogens is 419 g/mol. The smallest absolute Gasteiger partial charge is 0.270 e. The predicted molar refractivity (Wildman–Crippen MR) is 115 cm³/mol. The summed E-state index contributed by atoms with van der Waals surface area (Å²) >= 11 is 5.80. The fourth-order valence-corrected chi connectivity index (χ4v) is 4.08. The van der Waals surface area contributed by atoms with Gasteiger partial charge in [-0.05, 0) is 60.7 Å². The van der Waals surface area contributed by atoms with Gasteiger partial charge in [-0.3, -0.25) is 4.79 Å². The van der Waals surface area contributed by atoms with E-state index in [4.69, 9.17) is 11.6 Å². The lowest BCUT2D eigenvalue weighted by molar-refractivity contribution is 0.0945. The molecule has 1 aromatic carbocycles. The number of halogens is 2. The molecule has 0 spiro atoms. The number of rotatable bonds is 6. The second-order valence-corrected chi connectivity index (χ2v) is 8.39. The molecule has 0 unspecified atom stereocenters. The van der Waals surface area contributed by atoms with Gasteiger partial charge in [0.05, 0.1) is 11.6 Å². The molecule has 0 bridgehead atoms. The van der Waals surface area contributed by atoms with E-state index in [-0.39, 0.29) is 23.2 Å². The second-order valence-electron chi connectivity index (χ2n) is 7.99. The lowest BCUT2D eigenvalue weighted by Gasteiger charge is -2.20. The summed E-state index contributed by atoms with van der Waals surface area (Å²) in [5.41, 5.74) is 2.32. The van der Waals surface area contributed by atoms with Gasteiger partial charge >= 0.3 is 0 Å². The van der Waals surface area contributed by atoms with E-state index < -0.39 is 5.82 Å². The van der Waals surface area contributed by atoms with Crippen molar-refractivity contribution in [1.29, 1.82) is 0 Å². The maximum atomic E-state index is 13.3. The van der Waals surface area contributed by atoms with E-state index in [1.807, 2.05) is 13.0 Å². The topological polar surface area (TPSA) is 85.6 Å². The van der Waals surface area contributed by atoms with Gasteiger partial charge in [0.25, 0.3) is 5.91 Å². The van der Waals surface area contributed by atoms with Gasteiger partial charge < -0.3 is 5.32 Å². The monoisotopic (exact) mass is 442 g/mol. The summed E-state index contributed by atoms with van der Waals surface area (Å²) in [6.45, 7) is 2.79. The van der Waals surface area contributed by atoms with Crippen LogP contribution in [-0.4, -0.2) is 31.1 Å². The van der Waals surface area contributed by atoms with E-state index in [2.05, 4.69) is 25.7 Å². The quantitative estimate of drug-likeness (QED) is 0.613. The number of hydrogen-bond donors (Lipinski definition) is 1. The number of nitrogens with one attached hydrogen (secondary N) is 1. The Morgan fingerprint density at radius 3 is 2.81 bits per heavy atom.